The van der Waals surface area contributed by atoms with Gasteiger partial charge in [0.25, 0.3) is 0 Å². The number of rotatable bonds is 1. The molecule has 1 aromatic rings. The fourth-order valence-electron chi connectivity index (χ4n) is 7.65. The predicted molar refractivity (Wildman–Crippen MR) is 105 cm³/mol. The van der Waals surface area contributed by atoms with Crippen molar-refractivity contribution in [3.63, 3.8) is 0 Å². The van der Waals surface area contributed by atoms with Crippen LogP contribution in [0.5, 0.6) is 0 Å². The highest BCUT2D eigenvalue weighted by Gasteiger charge is 2.84. The Hall–Kier alpha value is -0.810. The molecule has 5 heteroatoms. The molecule has 7 atom stereocenters. The molecule has 2 saturated carbocycles. The van der Waals surface area contributed by atoms with Crippen LogP contribution in [0.15, 0.2) is 16.7 Å². The Labute approximate surface area is 169 Å². The molecule has 0 unspecified atom stereocenters. The zero-order chi connectivity index (χ0) is 19.4. The van der Waals surface area contributed by atoms with Crippen molar-refractivity contribution in [3.05, 3.63) is 23.7 Å². The monoisotopic (exact) mass is 436 g/mol. The van der Waals surface area contributed by atoms with Gasteiger partial charge in [-0.25, -0.2) is 0 Å². The quantitative estimate of drug-likeness (QED) is 0.430. The summed E-state index contributed by atoms with van der Waals surface area (Å²) in [5.74, 6) is 1.40. The van der Waals surface area contributed by atoms with Crippen LogP contribution in [0.1, 0.15) is 83.6 Å². The van der Waals surface area contributed by atoms with Crippen LogP contribution < -0.4 is 0 Å². The number of carbonyl (C=O) groups excluding carboxylic acids is 1. The third-order valence-corrected chi connectivity index (χ3v) is 10.5. The second-order valence-corrected chi connectivity index (χ2v) is 11.4. The van der Waals surface area contributed by atoms with Crippen LogP contribution in [-0.2, 0) is 14.3 Å². The van der Waals surface area contributed by atoms with Gasteiger partial charge in [-0.3, -0.25) is 4.79 Å². The highest BCUT2D eigenvalue weighted by atomic mass is 79.9. The minimum atomic E-state index is -0.525. The molecule has 0 radical (unpaired) electrons. The molecule has 0 N–H and O–H groups in total. The maximum atomic E-state index is 12.1. The van der Waals surface area contributed by atoms with Crippen LogP contribution in [0, 0.1) is 16.7 Å². The Balaban J connectivity index is 1.80. The van der Waals surface area contributed by atoms with E-state index in [1.165, 1.54) is 12.5 Å². The number of halogens is 1. The summed E-state index contributed by atoms with van der Waals surface area (Å²) >= 11 is 4.29. The summed E-state index contributed by atoms with van der Waals surface area (Å²) in [5.41, 5.74) is 0.481. The molecule has 1 aliphatic heterocycles. The smallest absolute Gasteiger partial charge is 0.303 e. The zero-order valence-corrected chi connectivity index (χ0v) is 18.4. The summed E-state index contributed by atoms with van der Waals surface area (Å²) in [6.45, 7) is 10.8. The van der Waals surface area contributed by atoms with Gasteiger partial charge >= 0.3 is 5.97 Å². The van der Waals surface area contributed by atoms with Gasteiger partial charge in [-0.1, -0.05) is 50.0 Å². The number of esters is 1. The first kappa shape index (κ1) is 18.2. The van der Waals surface area contributed by atoms with E-state index in [1.807, 2.05) is 0 Å². The number of alkyl halides is 1. The first-order valence-corrected chi connectivity index (χ1v) is 11.0. The molecule has 3 fully saturated rings. The number of carbonyl (C=O) groups is 1. The van der Waals surface area contributed by atoms with Crippen molar-refractivity contribution in [2.75, 3.05) is 0 Å². The third kappa shape index (κ3) is 1.78. The van der Waals surface area contributed by atoms with Crippen molar-refractivity contribution < 1.29 is 18.7 Å². The summed E-state index contributed by atoms with van der Waals surface area (Å²) < 4.78 is 18.9. The van der Waals surface area contributed by atoms with Crippen molar-refractivity contribution in [2.24, 2.45) is 16.7 Å². The van der Waals surface area contributed by atoms with Crippen LogP contribution >= 0.6 is 15.9 Å². The van der Waals surface area contributed by atoms with E-state index in [1.54, 1.807) is 6.26 Å². The first-order chi connectivity index (χ1) is 12.6. The largest absolute Gasteiger partial charge is 0.466 e. The lowest BCUT2D eigenvalue weighted by Gasteiger charge is -2.66. The maximum absolute atomic E-state index is 12.1. The molecule has 148 valence electrons. The average Bonchev–Trinajstić information content (AvgIpc) is 3.09. The summed E-state index contributed by atoms with van der Waals surface area (Å²) in [6.07, 6.45) is 5.54. The molecule has 5 rings (SSSR count). The number of furan rings is 1. The maximum Gasteiger partial charge on any atom is 0.303 e. The minimum absolute atomic E-state index is 0.0980. The second kappa shape index (κ2) is 5.21. The van der Waals surface area contributed by atoms with Crippen molar-refractivity contribution in [1.82, 2.24) is 0 Å². The van der Waals surface area contributed by atoms with Gasteiger partial charge in [0, 0.05) is 12.3 Å². The summed E-state index contributed by atoms with van der Waals surface area (Å²) in [4.78, 5) is 12.1. The molecule has 3 aliphatic carbocycles. The number of fused-ring (bicyclic) bond motifs is 2. The average molecular weight is 437 g/mol. The molecule has 0 amide bonds. The van der Waals surface area contributed by atoms with Gasteiger partial charge in [-0.15, -0.1) is 0 Å². The van der Waals surface area contributed by atoms with Crippen LogP contribution in [0.25, 0.3) is 0 Å². The van der Waals surface area contributed by atoms with Gasteiger partial charge in [-0.05, 0) is 48.1 Å². The molecule has 0 aromatic carbocycles. The standard InChI is InChI=1S/C22H29BrO4/c1-12-14-7-10-25-17(14)18-21(23)15(12)11-16(26-13(2)24)22(27-18)19(3,4)8-6-9-20(21,22)5/h7,10,12,15-16,18H,6,8-9,11H2,1-5H3/t12-,15-,16+,18+,20+,21+,22+/m0/s1. The van der Waals surface area contributed by atoms with E-state index in [-0.39, 0.29) is 33.3 Å². The molecule has 4 nitrogen and oxygen atoms in total. The Morgan fingerprint density at radius 1 is 1.30 bits per heavy atom. The van der Waals surface area contributed by atoms with Crippen LogP contribution in [0.2, 0.25) is 0 Å². The van der Waals surface area contributed by atoms with E-state index in [0.29, 0.717) is 11.8 Å². The van der Waals surface area contributed by atoms with Crippen molar-refractivity contribution in [1.29, 1.82) is 0 Å². The minimum Gasteiger partial charge on any atom is -0.466 e. The lowest BCUT2D eigenvalue weighted by Crippen LogP contribution is -2.72. The van der Waals surface area contributed by atoms with Gasteiger partial charge < -0.3 is 13.9 Å². The molecule has 1 saturated heterocycles. The van der Waals surface area contributed by atoms with Crippen LogP contribution in [0.3, 0.4) is 0 Å². The Morgan fingerprint density at radius 2 is 2.04 bits per heavy atom. The number of ether oxygens (including phenoxy) is 2. The molecule has 27 heavy (non-hydrogen) atoms. The lowest BCUT2D eigenvalue weighted by molar-refractivity contribution is -0.252. The zero-order valence-electron chi connectivity index (χ0n) is 16.8. The van der Waals surface area contributed by atoms with Gasteiger partial charge in [0.05, 0.1) is 10.6 Å². The highest BCUT2D eigenvalue weighted by Crippen LogP contribution is 2.80. The SMILES string of the molecule is CC(=O)O[C@@H]1C[C@H]2[C@@H](C)c3ccoc3[C@H]3O[C@@]14C(C)(C)CCC[C@]4(C)[C@]32Br. The lowest BCUT2D eigenvalue weighted by atomic mass is 9.42. The van der Waals surface area contributed by atoms with Gasteiger partial charge in [-0.2, -0.15) is 0 Å². The molecule has 1 aromatic heterocycles. The summed E-state index contributed by atoms with van der Waals surface area (Å²) in [6, 6.07) is 2.09. The Morgan fingerprint density at radius 3 is 2.74 bits per heavy atom. The summed E-state index contributed by atoms with van der Waals surface area (Å²) in [5, 5.41) is 0. The Bertz CT molecular complexity index is 815. The van der Waals surface area contributed by atoms with Crippen LogP contribution in [0.4, 0.5) is 0 Å². The number of hydrogen-bond donors (Lipinski definition) is 0. The summed E-state index contributed by atoms with van der Waals surface area (Å²) in [7, 11) is 0. The van der Waals surface area contributed by atoms with E-state index in [0.717, 1.165) is 31.4 Å². The predicted octanol–water partition coefficient (Wildman–Crippen LogP) is 5.51. The van der Waals surface area contributed by atoms with E-state index in [2.05, 4.69) is 49.7 Å². The van der Waals surface area contributed by atoms with E-state index in [9.17, 15) is 4.79 Å². The van der Waals surface area contributed by atoms with E-state index >= 15 is 0 Å². The van der Waals surface area contributed by atoms with Crippen molar-refractivity contribution >= 4 is 21.9 Å². The normalized spacial score (nSPS) is 49.3. The van der Waals surface area contributed by atoms with E-state index < -0.39 is 5.60 Å². The van der Waals surface area contributed by atoms with Gasteiger partial charge in [0.2, 0.25) is 0 Å². The fourth-order valence-corrected chi connectivity index (χ4v) is 9.03. The van der Waals surface area contributed by atoms with Gasteiger partial charge in [0.15, 0.2) is 0 Å². The first-order valence-electron chi connectivity index (χ1n) is 10.2. The van der Waals surface area contributed by atoms with Gasteiger partial charge in [0.1, 0.15) is 23.6 Å². The van der Waals surface area contributed by atoms with Crippen molar-refractivity contribution in [3.8, 4) is 0 Å². The molecular formula is C22H29BrO4. The number of hydrogen-bond acceptors (Lipinski definition) is 4. The molecular weight excluding hydrogens is 408 g/mol. The molecule has 4 aliphatic rings. The highest BCUT2D eigenvalue weighted by molar-refractivity contribution is 9.10. The second-order valence-electron chi connectivity index (χ2n) is 10.0. The Kier molecular flexibility index (Phi) is 3.52. The third-order valence-electron chi connectivity index (χ3n) is 8.66. The fraction of sp³-hybridized carbons (Fsp3) is 0.773. The topological polar surface area (TPSA) is 48.7 Å². The van der Waals surface area contributed by atoms with Crippen molar-refractivity contribution in [2.45, 2.75) is 88.4 Å². The molecule has 0 spiro atoms. The molecule has 2 bridgehead atoms. The van der Waals surface area contributed by atoms with E-state index in [4.69, 9.17) is 13.9 Å². The molecule has 2 heterocycles. The van der Waals surface area contributed by atoms with Crippen LogP contribution in [-0.4, -0.2) is 22.0 Å².